The molecule has 1 N–H and O–H groups in total. The van der Waals surface area contributed by atoms with Crippen molar-refractivity contribution < 1.29 is 42.5 Å². The minimum atomic E-state index is -10.4. The van der Waals surface area contributed by atoms with Crippen LogP contribution in [0.1, 0.15) is 5.56 Å². The van der Waals surface area contributed by atoms with Gasteiger partial charge in [0, 0.05) is 5.56 Å². The molecule has 0 bridgehead atoms. The van der Waals surface area contributed by atoms with Crippen molar-refractivity contribution in [1.29, 1.82) is 0 Å². The molecule has 0 aliphatic heterocycles. The summed E-state index contributed by atoms with van der Waals surface area (Å²) >= 11 is 1.38. The maximum absolute atomic E-state index is 13.0. The second-order valence-electron chi connectivity index (χ2n) is 5.04. The largest absolute Gasteiger partial charge is 0.477 e. The Labute approximate surface area is 158 Å². The molecule has 0 atom stereocenters. The monoisotopic (exact) mass is 535 g/mol. The van der Waals surface area contributed by atoms with Gasteiger partial charge in [0.25, 0.3) is 0 Å². The molecule has 0 spiro atoms. The van der Waals surface area contributed by atoms with Crippen LogP contribution < -0.4 is 0 Å². The minimum absolute atomic E-state index is 0.179. The summed E-state index contributed by atoms with van der Waals surface area (Å²) in [4.78, 5) is 11.4. The highest BCUT2D eigenvalue weighted by atomic mass is 127. The summed E-state index contributed by atoms with van der Waals surface area (Å²) in [5, 5.41) is 12.2. The van der Waals surface area contributed by atoms with Crippen LogP contribution in [0.2, 0.25) is 0 Å². The molecule has 2 aromatic rings. The topological polar surface area (TPSA) is 68.0 Å². The van der Waals surface area contributed by atoms with E-state index in [-0.39, 0.29) is 15.7 Å². The summed E-state index contributed by atoms with van der Waals surface area (Å²) in [6, 6.07) is -0.698. The van der Waals surface area contributed by atoms with Crippen molar-refractivity contribution in [2.24, 2.45) is 0 Å². The van der Waals surface area contributed by atoms with Crippen LogP contribution in [-0.2, 0) is 11.0 Å². The molecule has 15 heteroatoms. The van der Waals surface area contributed by atoms with Gasteiger partial charge in [-0.3, -0.25) is 0 Å². The van der Waals surface area contributed by atoms with Gasteiger partial charge in [-0.2, -0.15) is 13.2 Å². The fourth-order valence-corrected chi connectivity index (χ4v) is 2.74. The molecule has 150 valence electrons. The maximum Gasteiger partial charge on any atom is 0.416 e. The number of carbonyl (C=O) groups is 1. The third-order valence-electron chi connectivity index (χ3n) is 2.90. The summed E-state index contributed by atoms with van der Waals surface area (Å²) in [6.45, 7) is 0. The van der Waals surface area contributed by atoms with Gasteiger partial charge in [0.1, 0.15) is 14.8 Å². The Hall–Kier alpha value is -1.91. The van der Waals surface area contributed by atoms with E-state index in [0.29, 0.717) is 4.68 Å². The summed E-state index contributed by atoms with van der Waals surface area (Å²) in [7, 11) is -10.4. The number of benzene rings is 1. The Bertz CT molecular complexity index is 952. The van der Waals surface area contributed by atoms with Gasteiger partial charge >= 0.3 is 22.4 Å². The van der Waals surface area contributed by atoms with E-state index in [0.717, 1.165) is 12.5 Å². The van der Waals surface area contributed by atoms with Crippen LogP contribution in [0.5, 0.6) is 0 Å². The molecular formula is C12H6F8IN3O2S. The van der Waals surface area contributed by atoms with Gasteiger partial charge in [0.05, 0.1) is 11.8 Å². The molecule has 0 aliphatic rings. The van der Waals surface area contributed by atoms with Gasteiger partial charge < -0.3 is 5.11 Å². The number of alkyl halides is 3. The molecule has 27 heavy (non-hydrogen) atoms. The fraction of sp³-hybridized carbons (Fsp3) is 0.0833. The number of carboxylic acid groups (broad SMARTS) is 1. The molecule has 0 aliphatic carbocycles. The lowest BCUT2D eigenvalue weighted by atomic mass is 10.1. The molecule has 0 saturated heterocycles. The number of halogens is 9. The van der Waals surface area contributed by atoms with Crippen molar-refractivity contribution in [3.8, 4) is 11.4 Å². The van der Waals surface area contributed by atoms with Crippen LogP contribution in [0.25, 0.3) is 17.6 Å². The zero-order chi connectivity index (χ0) is 20.9. The molecule has 0 fully saturated rings. The number of hydrogen-bond donors (Lipinski definition) is 1. The van der Waals surface area contributed by atoms with Crippen molar-refractivity contribution >= 4 is 45.0 Å². The molecule has 0 amide bonds. The van der Waals surface area contributed by atoms with Crippen molar-refractivity contribution in [1.82, 2.24) is 14.8 Å². The average Bonchev–Trinajstić information content (AvgIpc) is 2.92. The van der Waals surface area contributed by atoms with Crippen molar-refractivity contribution in [3.63, 3.8) is 0 Å². The maximum atomic E-state index is 13.0. The van der Waals surface area contributed by atoms with Gasteiger partial charge in [0.2, 0.25) is 0 Å². The van der Waals surface area contributed by atoms with E-state index in [1.807, 2.05) is 0 Å². The number of nitrogens with zero attached hydrogens (tertiary/aromatic N) is 3. The number of aromatic nitrogens is 3. The summed E-state index contributed by atoms with van der Waals surface area (Å²) < 4.78 is 104. The molecular weight excluding hydrogens is 529 g/mol. The van der Waals surface area contributed by atoms with Gasteiger partial charge in [-0.1, -0.05) is 19.4 Å². The van der Waals surface area contributed by atoms with Gasteiger partial charge in [0.15, 0.2) is 5.82 Å². The van der Waals surface area contributed by atoms with Gasteiger partial charge in [-0.15, -0.1) is 5.10 Å². The summed E-state index contributed by atoms with van der Waals surface area (Å²) in [6.07, 6.45) is -3.69. The Morgan fingerprint density at radius 1 is 1.15 bits per heavy atom. The minimum Gasteiger partial charge on any atom is -0.477 e. The number of hydrogen-bond acceptors (Lipinski definition) is 3. The molecule has 0 saturated carbocycles. The quantitative estimate of drug-likeness (QED) is 0.299. The normalized spacial score (nSPS) is 16.0. The van der Waals surface area contributed by atoms with E-state index < -0.39 is 50.3 Å². The van der Waals surface area contributed by atoms with Gasteiger partial charge in [-0.05, 0) is 40.8 Å². The van der Waals surface area contributed by atoms with E-state index in [4.69, 9.17) is 5.11 Å². The summed E-state index contributed by atoms with van der Waals surface area (Å²) in [5.74, 6) is -2.12. The first-order chi connectivity index (χ1) is 11.9. The van der Waals surface area contributed by atoms with Crippen LogP contribution in [0.15, 0.2) is 33.0 Å². The highest BCUT2D eigenvalue weighted by molar-refractivity contribution is 14.1. The predicted molar refractivity (Wildman–Crippen MR) is 87.8 cm³/mol. The number of rotatable bonds is 4. The van der Waals surface area contributed by atoms with E-state index in [2.05, 4.69) is 10.1 Å². The fourth-order valence-electron chi connectivity index (χ4n) is 1.76. The summed E-state index contributed by atoms with van der Waals surface area (Å²) in [5.41, 5.74) is -2.93. The lowest BCUT2D eigenvalue weighted by molar-refractivity contribution is -0.137. The third kappa shape index (κ3) is 5.30. The Morgan fingerprint density at radius 2 is 1.74 bits per heavy atom. The lowest BCUT2D eigenvalue weighted by Gasteiger charge is -2.40. The standard InChI is InChI=1S/C12H6F8IN3O2S/c13-12(14,15)7-1-6(2-8(3-7)27(16,17,18,19)20)10-22-5-24(23-10)4-9(21)11(25)26/h1-5H,(H,25,26). The number of aliphatic carboxylic acids is 1. The lowest BCUT2D eigenvalue weighted by Crippen LogP contribution is -2.11. The first-order valence-corrected chi connectivity index (χ1v) is 9.38. The van der Waals surface area contributed by atoms with Crippen molar-refractivity contribution in [2.45, 2.75) is 11.1 Å². The first kappa shape index (κ1) is 21.4. The Kier molecular flexibility index (Phi) is 4.59. The van der Waals surface area contributed by atoms with Crippen LogP contribution in [0, 0.1) is 0 Å². The molecule has 1 aromatic carbocycles. The molecule has 0 unspecified atom stereocenters. The Morgan fingerprint density at radius 3 is 2.22 bits per heavy atom. The molecule has 5 nitrogen and oxygen atoms in total. The van der Waals surface area contributed by atoms with E-state index >= 15 is 0 Å². The predicted octanol–water partition coefficient (Wildman–Crippen LogP) is 5.94. The van der Waals surface area contributed by atoms with E-state index in [1.54, 1.807) is 0 Å². The van der Waals surface area contributed by atoms with E-state index in [9.17, 15) is 37.4 Å². The zero-order valence-electron chi connectivity index (χ0n) is 12.4. The van der Waals surface area contributed by atoms with Crippen LogP contribution in [0.3, 0.4) is 0 Å². The second-order valence-corrected chi connectivity index (χ2v) is 8.61. The Balaban J connectivity index is 2.67. The average molecular weight is 535 g/mol. The molecule has 0 radical (unpaired) electrons. The van der Waals surface area contributed by atoms with Crippen LogP contribution in [-0.4, -0.2) is 25.8 Å². The second kappa shape index (κ2) is 5.79. The number of carboxylic acids is 1. The SMILES string of the molecule is O=C(O)C(I)=Cn1cnc(-c2cc(C(F)(F)F)cc(S(F)(F)(F)(F)F)c2)n1. The molecule has 2 rings (SSSR count). The van der Waals surface area contributed by atoms with Crippen molar-refractivity contribution in [2.75, 3.05) is 0 Å². The van der Waals surface area contributed by atoms with Crippen LogP contribution in [0.4, 0.5) is 32.6 Å². The van der Waals surface area contributed by atoms with Gasteiger partial charge in [-0.25, -0.2) is 14.5 Å². The smallest absolute Gasteiger partial charge is 0.416 e. The first-order valence-electron chi connectivity index (χ1n) is 6.35. The molecule has 1 aromatic heterocycles. The van der Waals surface area contributed by atoms with Crippen molar-refractivity contribution in [3.05, 3.63) is 33.7 Å². The highest BCUT2D eigenvalue weighted by Crippen LogP contribution is 3.02. The third-order valence-corrected chi connectivity index (χ3v) is 4.76. The van der Waals surface area contributed by atoms with Crippen LogP contribution >= 0.6 is 32.8 Å². The highest BCUT2D eigenvalue weighted by Gasteiger charge is 2.66. The molecule has 1 heterocycles. The van der Waals surface area contributed by atoms with E-state index in [1.165, 1.54) is 22.6 Å². The zero-order valence-corrected chi connectivity index (χ0v) is 15.4.